The molecule has 0 bridgehead atoms. The summed E-state index contributed by atoms with van der Waals surface area (Å²) in [5, 5.41) is 3.73. The van der Waals surface area contributed by atoms with Gasteiger partial charge in [-0.25, -0.2) is 0 Å². The summed E-state index contributed by atoms with van der Waals surface area (Å²) in [4.78, 5) is 2.77. The van der Waals surface area contributed by atoms with Crippen LogP contribution in [-0.2, 0) is 0 Å². The molecule has 120 valence electrons. The highest BCUT2D eigenvalue weighted by atomic mass is 15.2. The van der Waals surface area contributed by atoms with Crippen molar-refractivity contribution in [2.75, 3.05) is 19.6 Å². The minimum Gasteiger partial charge on any atom is -0.309 e. The van der Waals surface area contributed by atoms with Gasteiger partial charge in [0.05, 0.1) is 0 Å². The zero-order chi connectivity index (χ0) is 15.0. The zero-order valence-electron chi connectivity index (χ0n) is 14.7. The van der Waals surface area contributed by atoms with Gasteiger partial charge in [-0.15, -0.1) is 0 Å². The third kappa shape index (κ3) is 6.13. The second-order valence-electron chi connectivity index (χ2n) is 7.46. The Hall–Kier alpha value is -0.0800. The number of rotatable bonds is 9. The lowest BCUT2D eigenvalue weighted by Gasteiger charge is -2.47. The molecule has 0 spiro atoms. The molecule has 1 aliphatic heterocycles. The second kappa shape index (κ2) is 9.04. The van der Waals surface area contributed by atoms with Crippen LogP contribution in [0.4, 0.5) is 0 Å². The van der Waals surface area contributed by atoms with Crippen LogP contribution >= 0.6 is 0 Å². The monoisotopic (exact) mass is 282 g/mol. The number of hydrogen-bond donors (Lipinski definition) is 1. The first-order valence-corrected chi connectivity index (χ1v) is 8.99. The van der Waals surface area contributed by atoms with E-state index in [9.17, 15) is 0 Å². The highest BCUT2D eigenvalue weighted by Gasteiger charge is 2.34. The van der Waals surface area contributed by atoms with E-state index in [1.807, 2.05) is 0 Å². The van der Waals surface area contributed by atoms with Gasteiger partial charge in [0.25, 0.3) is 0 Å². The minimum absolute atomic E-state index is 0.284. The Balaban J connectivity index is 2.36. The molecule has 2 heteroatoms. The molecule has 1 heterocycles. The molecule has 0 aromatic heterocycles. The molecule has 1 rings (SSSR count). The maximum atomic E-state index is 3.73. The minimum atomic E-state index is 0.284. The molecule has 20 heavy (non-hydrogen) atoms. The van der Waals surface area contributed by atoms with Crippen LogP contribution in [-0.4, -0.2) is 36.1 Å². The lowest BCUT2D eigenvalue weighted by molar-refractivity contribution is 0.0621. The van der Waals surface area contributed by atoms with Crippen molar-refractivity contribution in [2.45, 2.75) is 91.1 Å². The highest BCUT2D eigenvalue weighted by molar-refractivity contribution is 4.93. The summed E-state index contributed by atoms with van der Waals surface area (Å²) in [7, 11) is 0. The molecule has 0 aromatic rings. The van der Waals surface area contributed by atoms with Crippen molar-refractivity contribution in [1.29, 1.82) is 0 Å². The smallest absolute Gasteiger partial charge is 0.0252 e. The first-order valence-electron chi connectivity index (χ1n) is 8.99. The van der Waals surface area contributed by atoms with Crippen LogP contribution in [0, 0.1) is 5.92 Å². The average molecular weight is 283 g/mol. The molecule has 0 aromatic carbocycles. The fourth-order valence-electron chi connectivity index (χ4n) is 3.36. The standard InChI is InChI=1S/C18H38N2/c1-6-8-9-10-11-12-13-20-15-18(4,5)19-14-17(20)16(3)7-2/h16-17,19H,6-15H2,1-5H3. The van der Waals surface area contributed by atoms with Crippen LogP contribution in [0.15, 0.2) is 0 Å². The van der Waals surface area contributed by atoms with E-state index in [0.717, 1.165) is 18.5 Å². The third-order valence-electron chi connectivity index (χ3n) is 4.96. The number of nitrogens with one attached hydrogen (secondary N) is 1. The summed E-state index contributed by atoms with van der Waals surface area (Å²) in [6, 6.07) is 0.740. The van der Waals surface area contributed by atoms with Crippen LogP contribution in [0.5, 0.6) is 0 Å². The maximum Gasteiger partial charge on any atom is 0.0252 e. The summed E-state index contributed by atoms with van der Waals surface area (Å²) in [5.41, 5.74) is 0.284. The first-order chi connectivity index (χ1) is 9.50. The van der Waals surface area contributed by atoms with Gasteiger partial charge < -0.3 is 5.32 Å². The van der Waals surface area contributed by atoms with Gasteiger partial charge in [-0.2, -0.15) is 0 Å². The van der Waals surface area contributed by atoms with Gasteiger partial charge in [0.2, 0.25) is 0 Å². The Kier molecular flexibility index (Phi) is 8.13. The molecule has 1 fully saturated rings. The molecule has 0 saturated carbocycles. The zero-order valence-corrected chi connectivity index (χ0v) is 14.7. The van der Waals surface area contributed by atoms with Crippen molar-refractivity contribution in [3.05, 3.63) is 0 Å². The number of hydrogen-bond acceptors (Lipinski definition) is 2. The van der Waals surface area contributed by atoms with Crippen molar-refractivity contribution in [2.24, 2.45) is 5.92 Å². The van der Waals surface area contributed by atoms with Crippen LogP contribution < -0.4 is 5.32 Å². The maximum absolute atomic E-state index is 3.73. The second-order valence-corrected chi connectivity index (χ2v) is 7.46. The molecular formula is C18H38N2. The van der Waals surface area contributed by atoms with Crippen molar-refractivity contribution < 1.29 is 0 Å². The van der Waals surface area contributed by atoms with E-state index >= 15 is 0 Å². The topological polar surface area (TPSA) is 15.3 Å². The Labute approximate surface area is 127 Å². The van der Waals surface area contributed by atoms with Crippen molar-refractivity contribution in [3.63, 3.8) is 0 Å². The molecule has 0 radical (unpaired) electrons. The Morgan fingerprint density at radius 2 is 1.75 bits per heavy atom. The molecule has 1 saturated heterocycles. The van der Waals surface area contributed by atoms with E-state index in [4.69, 9.17) is 0 Å². The van der Waals surface area contributed by atoms with Crippen LogP contribution in [0.2, 0.25) is 0 Å². The summed E-state index contributed by atoms with van der Waals surface area (Å²) >= 11 is 0. The predicted molar refractivity (Wildman–Crippen MR) is 90.3 cm³/mol. The van der Waals surface area contributed by atoms with E-state index in [1.165, 1.54) is 58.0 Å². The molecule has 2 unspecified atom stereocenters. The van der Waals surface area contributed by atoms with Crippen LogP contribution in [0.1, 0.15) is 79.6 Å². The number of piperazine rings is 1. The lowest BCUT2D eigenvalue weighted by atomic mass is 9.90. The van der Waals surface area contributed by atoms with E-state index < -0.39 is 0 Å². The Morgan fingerprint density at radius 1 is 1.10 bits per heavy atom. The van der Waals surface area contributed by atoms with Gasteiger partial charge in [0.15, 0.2) is 0 Å². The van der Waals surface area contributed by atoms with Gasteiger partial charge in [-0.3, -0.25) is 4.90 Å². The van der Waals surface area contributed by atoms with Gasteiger partial charge in [-0.05, 0) is 32.7 Å². The van der Waals surface area contributed by atoms with Gasteiger partial charge >= 0.3 is 0 Å². The van der Waals surface area contributed by atoms with E-state index in [-0.39, 0.29) is 5.54 Å². The highest BCUT2D eigenvalue weighted by Crippen LogP contribution is 2.22. The number of unbranched alkanes of at least 4 members (excludes halogenated alkanes) is 5. The molecule has 2 nitrogen and oxygen atoms in total. The Bertz CT molecular complexity index is 250. The first kappa shape index (κ1) is 18.0. The van der Waals surface area contributed by atoms with Crippen molar-refractivity contribution in [3.8, 4) is 0 Å². The SMILES string of the molecule is CCCCCCCCN1CC(C)(C)NCC1C(C)CC. The quantitative estimate of drug-likeness (QED) is 0.629. The van der Waals surface area contributed by atoms with Gasteiger partial charge in [0.1, 0.15) is 0 Å². The lowest BCUT2D eigenvalue weighted by Crippen LogP contribution is -2.63. The summed E-state index contributed by atoms with van der Waals surface area (Å²) < 4.78 is 0. The summed E-state index contributed by atoms with van der Waals surface area (Å²) in [6.07, 6.45) is 9.71. The Morgan fingerprint density at radius 3 is 2.40 bits per heavy atom. The molecular weight excluding hydrogens is 244 g/mol. The number of nitrogens with zero attached hydrogens (tertiary/aromatic N) is 1. The van der Waals surface area contributed by atoms with E-state index in [2.05, 4.69) is 44.8 Å². The molecule has 0 aliphatic carbocycles. The van der Waals surface area contributed by atoms with E-state index in [0.29, 0.717) is 0 Å². The fraction of sp³-hybridized carbons (Fsp3) is 1.00. The predicted octanol–water partition coefficient (Wildman–Crippen LogP) is 4.45. The van der Waals surface area contributed by atoms with Gasteiger partial charge in [0, 0.05) is 24.7 Å². The average Bonchev–Trinajstić information content (AvgIpc) is 2.41. The fourth-order valence-corrected chi connectivity index (χ4v) is 3.36. The molecule has 0 amide bonds. The molecule has 1 N–H and O–H groups in total. The summed E-state index contributed by atoms with van der Waals surface area (Å²) in [5.74, 6) is 0.804. The molecule has 2 atom stereocenters. The van der Waals surface area contributed by atoms with Gasteiger partial charge in [-0.1, -0.05) is 59.3 Å². The molecule has 1 aliphatic rings. The van der Waals surface area contributed by atoms with E-state index in [1.54, 1.807) is 0 Å². The normalized spacial score (nSPS) is 24.8. The third-order valence-corrected chi connectivity index (χ3v) is 4.96. The van der Waals surface area contributed by atoms with Crippen LogP contribution in [0.3, 0.4) is 0 Å². The summed E-state index contributed by atoms with van der Waals surface area (Å²) in [6.45, 7) is 15.4. The van der Waals surface area contributed by atoms with Crippen molar-refractivity contribution in [1.82, 2.24) is 10.2 Å². The van der Waals surface area contributed by atoms with Crippen molar-refractivity contribution >= 4 is 0 Å². The largest absolute Gasteiger partial charge is 0.309 e. The van der Waals surface area contributed by atoms with Crippen LogP contribution in [0.25, 0.3) is 0 Å².